The third-order valence-electron chi connectivity index (χ3n) is 8.55. The van der Waals surface area contributed by atoms with Gasteiger partial charge in [0, 0.05) is 50.0 Å². The van der Waals surface area contributed by atoms with Gasteiger partial charge >= 0.3 is 0 Å². The quantitative estimate of drug-likeness (QED) is 0.129. The molecule has 0 amide bonds. The second-order valence-corrected chi connectivity index (χ2v) is 12.6. The molecule has 0 fully saturated rings. The molecule has 0 aliphatic carbocycles. The molecular formula is C41H32N4OPt-2. The molecular weight excluding hydrogens is 760 g/mol. The first-order valence-electron chi connectivity index (χ1n) is 15.5. The number of fused-ring (bicyclic) bond motifs is 4. The predicted octanol–water partition coefficient (Wildman–Crippen LogP) is 9.10. The summed E-state index contributed by atoms with van der Waals surface area (Å²) in [5, 5.41) is 2.25. The van der Waals surface area contributed by atoms with Crippen molar-refractivity contribution in [2.45, 2.75) is 26.2 Å². The zero-order chi connectivity index (χ0) is 31.4. The Kier molecular flexibility index (Phi) is 7.82. The van der Waals surface area contributed by atoms with E-state index in [0.717, 1.165) is 55.5 Å². The largest absolute Gasteiger partial charge is 0.503 e. The van der Waals surface area contributed by atoms with Crippen LogP contribution in [0.15, 0.2) is 121 Å². The number of para-hydroxylation sites is 4. The molecule has 8 rings (SSSR count). The Morgan fingerprint density at radius 1 is 0.723 bits per heavy atom. The van der Waals surface area contributed by atoms with Crippen LogP contribution in [0.3, 0.4) is 0 Å². The third kappa shape index (κ3) is 5.45. The smallest absolute Gasteiger partial charge is 0.243 e. The number of ether oxygens (including phenoxy) is 1. The van der Waals surface area contributed by atoms with E-state index in [1.165, 1.54) is 5.56 Å². The van der Waals surface area contributed by atoms with Gasteiger partial charge in [-0.1, -0.05) is 98.6 Å². The van der Waals surface area contributed by atoms with Gasteiger partial charge in [0.1, 0.15) is 5.82 Å². The Labute approximate surface area is 289 Å². The molecule has 0 saturated carbocycles. The van der Waals surface area contributed by atoms with E-state index in [2.05, 4.69) is 139 Å². The first-order chi connectivity index (χ1) is 22.3. The first kappa shape index (κ1) is 30.7. The normalized spacial score (nSPS) is 11.7. The average Bonchev–Trinajstić information content (AvgIpc) is 3.59. The standard InChI is InChI=1S/C41H32N4O.Pt/c1-41(2,3)29-22-23-42-40(25-29)45-36-17-8-6-15-33(36)34-21-20-31(26-39(34)45)46-30-13-11-12-28(24-30)32-14-5-7-16-35(32)44-27-43(4)37-18-9-10-19-38(37)44;/h5-23,25H,1-4H3;/q-2;. The van der Waals surface area contributed by atoms with Crippen LogP contribution in [0.1, 0.15) is 26.3 Å². The van der Waals surface area contributed by atoms with Crippen LogP contribution in [0.4, 0.5) is 0 Å². The fourth-order valence-electron chi connectivity index (χ4n) is 6.24. The number of rotatable bonds is 5. The molecule has 234 valence electrons. The van der Waals surface area contributed by atoms with Gasteiger partial charge < -0.3 is 18.4 Å². The van der Waals surface area contributed by atoms with E-state index in [4.69, 9.17) is 9.72 Å². The van der Waals surface area contributed by atoms with Crippen molar-refractivity contribution in [3.8, 4) is 34.1 Å². The van der Waals surface area contributed by atoms with Crippen LogP contribution in [0.25, 0.3) is 55.5 Å². The van der Waals surface area contributed by atoms with Crippen molar-refractivity contribution in [1.82, 2.24) is 14.1 Å². The molecule has 0 atom stereocenters. The molecule has 47 heavy (non-hydrogen) atoms. The molecule has 5 nitrogen and oxygen atoms in total. The number of aryl methyl sites for hydroxylation is 1. The topological polar surface area (TPSA) is 35.9 Å². The van der Waals surface area contributed by atoms with Crippen molar-refractivity contribution in [1.29, 1.82) is 0 Å². The van der Waals surface area contributed by atoms with Crippen molar-refractivity contribution in [3.05, 3.63) is 145 Å². The Morgan fingerprint density at radius 3 is 2.32 bits per heavy atom. The van der Waals surface area contributed by atoms with Crippen molar-refractivity contribution in [3.63, 3.8) is 0 Å². The van der Waals surface area contributed by atoms with E-state index in [1.807, 2.05) is 42.1 Å². The summed E-state index contributed by atoms with van der Waals surface area (Å²) in [6, 6.07) is 46.5. The number of nitrogens with zero attached hydrogens (tertiary/aromatic N) is 4. The van der Waals surface area contributed by atoms with Gasteiger partial charge in [0.25, 0.3) is 0 Å². The summed E-state index contributed by atoms with van der Waals surface area (Å²) < 4.78 is 12.8. The SMILES string of the molecule is C[n+]1[c-]n(-c2ccccc2-c2[c-]c(Oc3[c-]c4c(cc3)c3ccccc3n4-c3cc(C(C)(C)C)ccn3)ccc2)c2ccccc21.[Pt]. The minimum atomic E-state index is -0.00193. The summed E-state index contributed by atoms with van der Waals surface area (Å²) >= 11 is 0. The van der Waals surface area contributed by atoms with Crippen LogP contribution < -0.4 is 9.30 Å². The van der Waals surface area contributed by atoms with E-state index in [1.54, 1.807) is 0 Å². The molecule has 0 bridgehead atoms. The van der Waals surface area contributed by atoms with Gasteiger partial charge in [-0.05, 0) is 34.6 Å². The van der Waals surface area contributed by atoms with Gasteiger partial charge in [-0.25, -0.2) is 4.98 Å². The molecule has 0 unspecified atom stereocenters. The molecule has 3 aromatic heterocycles. The van der Waals surface area contributed by atoms with Crippen molar-refractivity contribution in [2.24, 2.45) is 7.05 Å². The monoisotopic (exact) mass is 791 g/mol. The summed E-state index contributed by atoms with van der Waals surface area (Å²) in [7, 11) is 2.02. The van der Waals surface area contributed by atoms with Crippen molar-refractivity contribution < 1.29 is 30.4 Å². The number of benzene rings is 5. The maximum absolute atomic E-state index is 6.47. The van der Waals surface area contributed by atoms with Crippen molar-refractivity contribution >= 4 is 32.8 Å². The molecule has 0 spiro atoms. The zero-order valence-corrected chi connectivity index (χ0v) is 28.8. The summed E-state index contributed by atoms with van der Waals surface area (Å²) in [4.78, 5) is 4.80. The summed E-state index contributed by atoms with van der Waals surface area (Å²) in [6.45, 7) is 6.66. The molecule has 0 aliphatic heterocycles. The fraction of sp³-hybridized carbons (Fsp3) is 0.122. The van der Waals surface area contributed by atoms with E-state index < -0.39 is 0 Å². The summed E-state index contributed by atoms with van der Waals surface area (Å²) in [6.07, 6.45) is 5.36. The van der Waals surface area contributed by atoms with Gasteiger partial charge in [0.15, 0.2) is 0 Å². The van der Waals surface area contributed by atoms with Crippen molar-refractivity contribution in [2.75, 3.05) is 0 Å². The number of aromatic nitrogens is 4. The second kappa shape index (κ2) is 12.0. The van der Waals surface area contributed by atoms with Crippen LogP contribution in [0.2, 0.25) is 0 Å². The van der Waals surface area contributed by atoms with E-state index in [0.29, 0.717) is 11.5 Å². The van der Waals surface area contributed by atoms with E-state index in [9.17, 15) is 0 Å². The summed E-state index contributed by atoms with van der Waals surface area (Å²) in [5.41, 5.74) is 8.41. The van der Waals surface area contributed by atoms with Gasteiger partial charge in [-0.3, -0.25) is 0 Å². The molecule has 6 heteroatoms. The van der Waals surface area contributed by atoms with Crippen LogP contribution in [0.5, 0.6) is 11.5 Å². The minimum Gasteiger partial charge on any atom is -0.503 e. The van der Waals surface area contributed by atoms with Gasteiger partial charge in [-0.2, -0.15) is 6.07 Å². The third-order valence-corrected chi connectivity index (χ3v) is 8.55. The number of hydrogen-bond donors (Lipinski definition) is 0. The molecule has 3 heterocycles. The summed E-state index contributed by atoms with van der Waals surface area (Å²) in [5.74, 6) is 2.09. The Bertz CT molecular complexity index is 2410. The maximum atomic E-state index is 6.47. The average molecular weight is 792 g/mol. The predicted molar refractivity (Wildman–Crippen MR) is 184 cm³/mol. The fourth-order valence-corrected chi connectivity index (χ4v) is 6.24. The van der Waals surface area contributed by atoms with Crippen LogP contribution in [-0.4, -0.2) is 14.1 Å². The van der Waals surface area contributed by atoms with E-state index >= 15 is 0 Å². The second-order valence-electron chi connectivity index (χ2n) is 12.6. The van der Waals surface area contributed by atoms with Gasteiger partial charge in [0.2, 0.25) is 6.33 Å². The molecule has 0 radical (unpaired) electrons. The number of imidazole rings is 1. The maximum Gasteiger partial charge on any atom is 0.243 e. The molecule has 0 saturated heterocycles. The van der Waals surface area contributed by atoms with Crippen LogP contribution in [0, 0.1) is 18.5 Å². The molecule has 0 aliphatic rings. The molecule has 8 aromatic rings. The van der Waals surface area contributed by atoms with Crippen LogP contribution in [-0.2, 0) is 33.5 Å². The van der Waals surface area contributed by atoms with Gasteiger partial charge in [-0.15, -0.1) is 47.3 Å². The Morgan fingerprint density at radius 2 is 1.47 bits per heavy atom. The van der Waals surface area contributed by atoms with Crippen LogP contribution >= 0.6 is 0 Å². The molecule has 5 aromatic carbocycles. The Hall–Kier alpha value is -4.99. The molecule has 0 N–H and O–H groups in total. The minimum absolute atomic E-state index is 0. The van der Waals surface area contributed by atoms with E-state index in [-0.39, 0.29) is 26.5 Å². The number of pyridine rings is 1. The zero-order valence-electron chi connectivity index (χ0n) is 26.6. The van der Waals surface area contributed by atoms with Gasteiger partial charge in [0.05, 0.1) is 18.1 Å². The first-order valence-corrected chi connectivity index (χ1v) is 15.5. The number of hydrogen-bond acceptors (Lipinski definition) is 2. The Balaban J connectivity index is 0.00000351.